The Kier molecular flexibility index (Phi) is 36.5. The van der Waals surface area contributed by atoms with Crippen LogP contribution in [0.1, 0.15) is 63.0 Å². The van der Waals surface area contributed by atoms with Crippen LogP contribution in [0.2, 0.25) is 0 Å². The van der Waals surface area contributed by atoms with Gasteiger partial charge in [-0.25, -0.2) is 0 Å². The van der Waals surface area contributed by atoms with Gasteiger partial charge in [-0.3, -0.25) is 0 Å². The third-order valence-corrected chi connectivity index (χ3v) is 8.32. The molecule has 0 aliphatic heterocycles. The van der Waals surface area contributed by atoms with Crippen molar-refractivity contribution in [1.29, 1.82) is 0 Å². The second-order valence-electron chi connectivity index (χ2n) is 13.0. The number of ether oxygens (including phenoxy) is 12. The molecule has 0 saturated carbocycles. The van der Waals surface area contributed by atoms with E-state index >= 15 is 0 Å². The molecule has 2 aromatic carbocycles. The first kappa shape index (κ1) is 49.9. The summed E-state index contributed by atoms with van der Waals surface area (Å²) in [6, 6.07) is 18.5. The van der Waals surface area contributed by atoms with E-state index in [2.05, 4.69) is 31.2 Å². The van der Waals surface area contributed by atoms with E-state index in [-0.39, 0.29) is 0 Å². The van der Waals surface area contributed by atoms with Gasteiger partial charge >= 0.3 is 0 Å². The minimum atomic E-state index is 0.511. The van der Waals surface area contributed by atoms with Crippen molar-refractivity contribution in [2.45, 2.75) is 64.9 Å². The van der Waals surface area contributed by atoms with Gasteiger partial charge in [0.2, 0.25) is 0 Å². The van der Waals surface area contributed by atoms with Crippen molar-refractivity contribution < 1.29 is 56.8 Å². The number of benzene rings is 2. The maximum atomic E-state index is 5.79. The molecule has 0 saturated heterocycles. The fraction of sp³-hybridized carbons (Fsp3) is 0.727. The average Bonchev–Trinajstić information content (AvgIpc) is 3.22. The van der Waals surface area contributed by atoms with Crippen LogP contribution in [-0.2, 0) is 65.1 Å². The summed E-state index contributed by atoms with van der Waals surface area (Å²) in [5, 5.41) is 0. The molecule has 12 heteroatoms. The summed E-state index contributed by atoms with van der Waals surface area (Å²) in [7, 11) is 0. The molecule has 0 unspecified atom stereocenters. The van der Waals surface area contributed by atoms with Gasteiger partial charge in [0.1, 0.15) is 12.4 Å². The Morgan fingerprint density at radius 1 is 0.304 bits per heavy atom. The molecule has 56 heavy (non-hydrogen) atoms. The Bertz CT molecular complexity index is 1050. The molecule has 0 radical (unpaired) electrons. The highest BCUT2D eigenvalue weighted by atomic mass is 16.6. The maximum Gasteiger partial charge on any atom is 0.119 e. The number of hydrogen-bond donors (Lipinski definition) is 0. The standard InChI is InChI=1S/C44H74O12/c1-2-3-4-5-6-7-9-12-42-15-17-44(18-16-42)56-40-39-54-36-35-52-32-31-50-28-27-48-24-23-46-20-19-45-21-22-47-25-26-49-29-30-51-33-34-53-37-38-55-41-43-13-10-8-11-14-43/h8,10-11,13-18H,2-7,9,12,19-41H2,1H3. The van der Waals surface area contributed by atoms with Crippen molar-refractivity contribution in [2.24, 2.45) is 0 Å². The molecule has 0 N–H and O–H groups in total. The van der Waals surface area contributed by atoms with Crippen molar-refractivity contribution in [3.63, 3.8) is 0 Å². The highest BCUT2D eigenvalue weighted by Gasteiger charge is 2.00. The van der Waals surface area contributed by atoms with Gasteiger partial charge in [0.15, 0.2) is 0 Å². The van der Waals surface area contributed by atoms with Crippen molar-refractivity contribution in [1.82, 2.24) is 0 Å². The van der Waals surface area contributed by atoms with Gasteiger partial charge in [-0.15, -0.1) is 0 Å². The van der Waals surface area contributed by atoms with Crippen LogP contribution >= 0.6 is 0 Å². The normalized spacial score (nSPS) is 11.4. The first-order valence-corrected chi connectivity index (χ1v) is 21.0. The zero-order valence-electron chi connectivity index (χ0n) is 34.5. The van der Waals surface area contributed by atoms with Crippen LogP contribution in [0.5, 0.6) is 5.75 Å². The molecule has 0 heterocycles. The minimum absolute atomic E-state index is 0.511. The molecule has 0 aromatic heterocycles. The highest BCUT2D eigenvalue weighted by Crippen LogP contribution is 2.15. The fourth-order valence-corrected chi connectivity index (χ4v) is 5.22. The molecule has 0 aliphatic rings. The number of unbranched alkanes of at least 4 members (excludes halogenated alkanes) is 6. The van der Waals surface area contributed by atoms with Crippen LogP contribution < -0.4 is 4.74 Å². The molecule has 2 rings (SSSR count). The molecule has 2 aromatic rings. The van der Waals surface area contributed by atoms with Crippen molar-refractivity contribution in [3.05, 3.63) is 65.7 Å². The third-order valence-electron chi connectivity index (χ3n) is 8.32. The minimum Gasteiger partial charge on any atom is -0.491 e. The predicted molar refractivity (Wildman–Crippen MR) is 218 cm³/mol. The van der Waals surface area contributed by atoms with Gasteiger partial charge in [0.25, 0.3) is 0 Å². The van der Waals surface area contributed by atoms with Gasteiger partial charge in [-0.1, -0.05) is 87.9 Å². The molecule has 0 bridgehead atoms. The zero-order chi connectivity index (χ0) is 39.5. The van der Waals surface area contributed by atoms with Gasteiger partial charge in [0.05, 0.1) is 145 Å². The van der Waals surface area contributed by atoms with Gasteiger partial charge in [-0.2, -0.15) is 0 Å². The zero-order valence-corrected chi connectivity index (χ0v) is 34.5. The topological polar surface area (TPSA) is 111 Å². The number of hydrogen-bond acceptors (Lipinski definition) is 12. The molecule has 0 atom stereocenters. The smallest absolute Gasteiger partial charge is 0.119 e. The lowest BCUT2D eigenvalue weighted by Gasteiger charge is -2.09. The summed E-state index contributed by atoms with van der Waals surface area (Å²) in [6.45, 7) is 14.4. The molecular weight excluding hydrogens is 720 g/mol. The van der Waals surface area contributed by atoms with E-state index in [9.17, 15) is 0 Å². The van der Waals surface area contributed by atoms with Crippen LogP contribution in [0.4, 0.5) is 0 Å². The highest BCUT2D eigenvalue weighted by molar-refractivity contribution is 5.27. The van der Waals surface area contributed by atoms with Crippen LogP contribution in [0.3, 0.4) is 0 Å². The molecule has 0 aliphatic carbocycles. The summed E-state index contributed by atoms with van der Waals surface area (Å²) in [5.41, 5.74) is 2.54. The Morgan fingerprint density at radius 2 is 0.643 bits per heavy atom. The second kappa shape index (κ2) is 41.0. The van der Waals surface area contributed by atoms with E-state index < -0.39 is 0 Å². The SMILES string of the molecule is CCCCCCCCCc1ccc(OCCOCCOCCOCCOCCOCCOCCOCCOCCOCCOCCOCc2ccccc2)cc1. The van der Waals surface area contributed by atoms with Crippen molar-refractivity contribution in [3.8, 4) is 5.75 Å². The summed E-state index contributed by atoms with van der Waals surface area (Å²) in [6.07, 6.45) is 10.5. The molecule has 322 valence electrons. The van der Waals surface area contributed by atoms with Gasteiger partial charge < -0.3 is 56.8 Å². The van der Waals surface area contributed by atoms with E-state index in [1.165, 1.54) is 50.5 Å². The van der Waals surface area contributed by atoms with E-state index in [1.807, 2.05) is 30.3 Å². The monoisotopic (exact) mass is 795 g/mol. The Labute approximate surface area is 338 Å². The summed E-state index contributed by atoms with van der Waals surface area (Å²) in [5.74, 6) is 0.887. The summed E-state index contributed by atoms with van der Waals surface area (Å²) >= 11 is 0. The first-order chi connectivity index (χ1) is 27.9. The lowest BCUT2D eigenvalue weighted by molar-refractivity contribution is -0.0279. The lowest BCUT2D eigenvalue weighted by atomic mass is 10.0. The van der Waals surface area contributed by atoms with E-state index in [1.54, 1.807) is 0 Å². The van der Waals surface area contributed by atoms with E-state index in [0.29, 0.717) is 152 Å². The molecule has 12 nitrogen and oxygen atoms in total. The number of rotatable bonds is 44. The maximum absolute atomic E-state index is 5.79. The Hall–Kier alpha value is -2.20. The third kappa shape index (κ3) is 33.9. The molecule has 0 fully saturated rings. The molecule has 0 amide bonds. The van der Waals surface area contributed by atoms with Crippen molar-refractivity contribution >= 4 is 0 Å². The van der Waals surface area contributed by atoms with Crippen LogP contribution in [-0.4, -0.2) is 145 Å². The first-order valence-electron chi connectivity index (χ1n) is 21.0. The average molecular weight is 795 g/mol. The van der Waals surface area contributed by atoms with Crippen LogP contribution in [0, 0.1) is 0 Å². The van der Waals surface area contributed by atoms with Crippen molar-refractivity contribution in [2.75, 3.05) is 145 Å². The fourth-order valence-electron chi connectivity index (χ4n) is 5.22. The summed E-state index contributed by atoms with van der Waals surface area (Å²) in [4.78, 5) is 0. The second-order valence-corrected chi connectivity index (χ2v) is 13.0. The Balaban J connectivity index is 1.16. The quantitative estimate of drug-likeness (QED) is 0.0663. The Morgan fingerprint density at radius 3 is 1.04 bits per heavy atom. The number of aryl methyl sites for hydroxylation is 1. The van der Waals surface area contributed by atoms with Crippen LogP contribution in [0.25, 0.3) is 0 Å². The van der Waals surface area contributed by atoms with E-state index in [4.69, 9.17) is 56.8 Å². The predicted octanol–water partition coefficient (Wildman–Crippen LogP) is 6.74. The van der Waals surface area contributed by atoms with Gasteiger partial charge in [-0.05, 0) is 36.1 Å². The van der Waals surface area contributed by atoms with E-state index in [0.717, 1.165) is 17.7 Å². The summed E-state index contributed by atoms with van der Waals surface area (Å²) < 4.78 is 66.6. The van der Waals surface area contributed by atoms with Crippen LogP contribution in [0.15, 0.2) is 54.6 Å². The molecule has 0 spiro atoms. The lowest BCUT2D eigenvalue weighted by Crippen LogP contribution is -2.15. The molecular formula is C44H74O12. The van der Waals surface area contributed by atoms with Gasteiger partial charge in [0, 0.05) is 0 Å². The largest absolute Gasteiger partial charge is 0.491 e.